The van der Waals surface area contributed by atoms with Crippen LogP contribution in [0.3, 0.4) is 0 Å². The number of fused-ring (bicyclic) bond motifs is 1. The molecule has 1 aromatic heterocycles. The van der Waals surface area contributed by atoms with Gasteiger partial charge in [0.15, 0.2) is 0 Å². The number of aromatic nitrogens is 1. The molecule has 0 fully saturated rings. The summed E-state index contributed by atoms with van der Waals surface area (Å²) in [5, 5.41) is 4.25. The first kappa shape index (κ1) is 14.6. The highest BCUT2D eigenvalue weighted by Crippen LogP contribution is 2.18. The van der Waals surface area contributed by atoms with Crippen LogP contribution in [-0.2, 0) is 17.8 Å². The Morgan fingerprint density at radius 3 is 2.65 bits per heavy atom. The first-order valence-corrected chi connectivity index (χ1v) is 7.28. The number of aryl methyl sites for hydroxylation is 2. The fourth-order valence-electron chi connectivity index (χ4n) is 2.42. The lowest BCUT2D eigenvalue weighted by Gasteiger charge is -2.20. The number of amides is 1. The van der Waals surface area contributed by atoms with Gasteiger partial charge in [0.25, 0.3) is 0 Å². The molecule has 1 heterocycles. The second kappa shape index (κ2) is 5.70. The van der Waals surface area contributed by atoms with Gasteiger partial charge in [-0.3, -0.25) is 4.79 Å². The zero-order chi connectivity index (χ0) is 14.8. The van der Waals surface area contributed by atoms with Crippen LogP contribution in [0.25, 0.3) is 10.9 Å². The fraction of sp³-hybridized carbons (Fsp3) is 0.471. The Kier molecular flexibility index (Phi) is 4.17. The fourth-order valence-corrected chi connectivity index (χ4v) is 2.42. The number of benzene rings is 1. The van der Waals surface area contributed by atoms with Gasteiger partial charge in [-0.05, 0) is 63.3 Å². The van der Waals surface area contributed by atoms with E-state index in [-0.39, 0.29) is 11.4 Å². The molecule has 20 heavy (non-hydrogen) atoms. The quantitative estimate of drug-likeness (QED) is 0.908. The lowest BCUT2D eigenvalue weighted by atomic mass is 10.1. The predicted octanol–water partition coefficient (Wildman–Crippen LogP) is 3.51. The van der Waals surface area contributed by atoms with E-state index in [1.165, 1.54) is 16.5 Å². The first-order valence-electron chi connectivity index (χ1n) is 7.28. The Labute approximate surface area is 121 Å². The van der Waals surface area contributed by atoms with Gasteiger partial charge in [0.2, 0.25) is 5.91 Å². The predicted molar refractivity (Wildman–Crippen MR) is 83.8 cm³/mol. The number of rotatable bonds is 4. The maximum Gasteiger partial charge on any atom is 0.220 e. The number of nitrogens with zero attached hydrogens (tertiary/aromatic N) is 1. The van der Waals surface area contributed by atoms with Crippen molar-refractivity contribution in [1.82, 2.24) is 9.88 Å². The Morgan fingerprint density at radius 2 is 2.00 bits per heavy atom. The van der Waals surface area contributed by atoms with Crippen LogP contribution in [0.5, 0.6) is 0 Å². The summed E-state index contributed by atoms with van der Waals surface area (Å²) >= 11 is 0. The van der Waals surface area contributed by atoms with Crippen molar-refractivity contribution in [2.75, 3.05) is 0 Å². The van der Waals surface area contributed by atoms with Crippen molar-refractivity contribution >= 4 is 16.8 Å². The maximum absolute atomic E-state index is 11.8. The largest absolute Gasteiger partial charge is 0.351 e. The number of nitrogens with one attached hydrogen (secondary N) is 1. The van der Waals surface area contributed by atoms with Gasteiger partial charge < -0.3 is 9.88 Å². The third kappa shape index (κ3) is 3.62. The standard InChI is InChI=1S/C17H24N2O/c1-5-19-11-10-14-12-13(6-8-15(14)19)7-9-16(20)18-17(2,3)4/h6,8,10-12H,5,7,9H2,1-4H3,(H,18,20). The maximum atomic E-state index is 11.8. The molecule has 1 aromatic carbocycles. The van der Waals surface area contributed by atoms with E-state index in [4.69, 9.17) is 0 Å². The van der Waals surface area contributed by atoms with Crippen molar-refractivity contribution in [2.24, 2.45) is 0 Å². The minimum Gasteiger partial charge on any atom is -0.351 e. The highest BCUT2D eigenvalue weighted by molar-refractivity contribution is 5.81. The van der Waals surface area contributed by atoms with E-state index >= 15 is 0 Å². The number of carbonyl (C=O) groups excluding carboxylic acids is 1. The van der Waals surface area contributed by atoms with E-state index < -0.39 is 0 Å². The van der Waals surface area contributed by atoms with E-state index in [1.807, 2.05) is 20.8 Å². The van der Waals surface area contributed by atoms with E-state index in [0.717, 1.165) is 13.0 Å². The normalized spacial score (nSPS) is 11.8. The third-order valence-corrected chi connectivity index (χ3v) is 3.33. The number of hydrogen-bond acceptors (Lipinski definition) is 1. The van der Waals surface area contributed by atoms with Crippen LogP contribution in [0.4, 0.5) is 0 Å². The van der Waals surface area contributed by atoms with Gasteiger partial charge in [-0.1, -0.05) is 6.07 Å². The topological polar surface area (TPSA) is 34.0 Å². The highest BCUT2D eigenvalue weighted by Gasteiger charge is 2.13. The summed E-state index contributed by atoms with van der Waals surface area (Å²) < 4.78 is 2.23. The zero-order valence-corrected chi connectivity index (χ0v) is 12.9. The lowest BCUT2D eigenvalue weighted by Crippen LogP contribution is -2.40. The van der Waals surface area contributed by atoms with Crippen molar-refractivity contribution in [2.45, 2.75) is 52.6 Å². The van der Waals surface area contributed by atoms with E-state index in [2.05, 4.69) is 47.3 Å². The molecule has 0 radical (unpaired) electrons. The van der Waals surface area contributed by atoms with Gasteiger partial charge in [-0.25, -0.2) is 0 Å². The molecule has 0 aliphatic heterocycles. The second-order valence-electron chi connectivity index (χ2n) is 6.29. The smallest absolute Gasteiger partial charge is 0.220 e. The van der Waals surface area contributed by atoms with Gasteiger partial charge >= 0.3 is 0 Å². The highest BCUT2D eigenvalue weighted by atomic mass is 16.1. The summed E-state index contributed by atoms with van der Waals surface area (Å²) in [6.07, 6.45) is 3.44. The minimum absolute atomic E-state index is 0.115. The van der Waals surface area contributed by atoms with Gasteiger partial charge in [0, 0.05) is 30.2 Å². The summed E-state index contributed by atoms with van der Waals surface area (Å²) in [7, 11) is 0. The van der Waals surface area contributed by atoms with Crippen LogP contribution in [0.1, 0.15) is 39.7 Å². The van der Waals surface area contributed by atoms with E-state index in [9.17, 15) is 4.79 Å². The molecule has 0 spiro atoms. The molecule has 3 heteroatoms. The van der Waals surface area contributed by atoms with Crippen molar-refractivity contribution in [1.29, 1.82) is 0 Å². The Hall–Kier alpha value is -1.77. The van der Waals surface area contributed by atoms with E-state index in [0.29, 0.717) is 6.42 Å². The number of carbonyl (C=O) groups is 1. The van der Waals surface area contributed by atoms with Crippen LogP contribution in [0.15, 0.2) is 30.5 Å². The van der Waals surface area contributed by atoms with E-state index in [1.54, 1.807) is 0 Å². The molecule has 3 nitrogen and oxygen atoms in total. The van der Waals surface area contributed by atoms with Crippen LogP contribution < -0.4 is 5.32 Å². The minimum atomic E-state index is -0.153. The van der Waals surface area contributed by atoms with Gasteiger partial charge in [0.1, 0.15) is 0 Å². The summed E-state index contributed by atoms with van der Waals surface area (Å²) in [5.41, 5.74) is 2.32. The van der Waals surface area contributed by atoms with Gasteiger partial charge in [-0.15, -0.1) is 0 Å². The molecular weight excluding hydrogens is 248 g/mol. The molecule has 0 saturated heterocycles. The van der Waals surface area contributed by atoms with Gasteiger partial charge in [-0.2, -0.15) is 0 Å². The average molecular weight is 272 g/mol. The summed E-state index contributed by atoms with van der Waals surface area (Å²) in [6.45, 7) is 9.14. The molecule has 108 valence electrons. The van der Waals surface area contributed by atoms with Gasteiger partial charge in [0.05, 0.1) is 0 Å². The van der Waals surface area contributed by atoms with Crippen LogP contribution in [0.2, 0.25) is 0 Å². The summed E-state index contributed by atoms with van der Waals surface area (Å²) in [4.78, 5) is 11.8. The Bertz CT molecular complexity index is 605. The second-order valence-corrected chi connectivity index (χ2v) is 6.29. The molecule has 0 atom stereocenters. The Balaban J connectivity index is 2.02. The van der Waals surface area contributed by atoms with Crippen LogP contribution in [-0.4, -0.2) is 16.0 Å². The molecule has 1 amide bonds. The molecule has 0 bridgehead atoms. The first-order chi connectivity index (χ1) is 9.39. The SMILES string of the molecule is CCn1ccc2cc(CCC(=O)NC(C)(C)C)ccc21. The Morgan fingerprint density at radius 1 is 1.25 bits per heavy atom. The molecule has 0 saturated carbocycles. The van der Waals surface area contributed by atoms with Crippen LogP contribution >= 0.6 is 0 Å². The summed E-state index contributed by atoms with van der Waals surface area (Å²) in [6, 6.07) is 8.60. The van der Waals surface area contributed by atoms with Crippen molar-refractivity contribution in [3.8, 4) is 0 Å². The number of hydrogen-bond donors (Lipinski definition) is 1. The average Bonchev–Trinajstić information content (AvgIpc) is 2.76. The van der Waals surface area contributed by atoms with Crippen LogP contribution in [0, 0.1) is 0 Å². The lowest BCUT2D eigenvalue weighted by molar-refractivity contribution is -0.122. The molecule has 0 aliphatic rings. The van der Waals surface area contributed by atoms with Crippen molar-refractivity contribution in [3.63, 3.8) is 0 Å². The van der Waals surface area contributed by atoms with Crippen molar-refractivity contribution in [3.05, 3.63) is 36.0 Å². The zero-order valence-electron chi connectivity index (χ0n) is 12.9. The molecule has 2 rings (SSSR count). The monoisotopic (exact) mass is 272 g/mol. The molecular formula is C17H24N2O. The summed E-state index contributed by atoms with van der Waals surface area (Å²) in [5.74, 6) is 0.115. The molecule has 1 N–H and O–H groups in total. The molecule has 0 aliphatic carbocycles. The van der Waals surface area contributed by atoms with Crippen molar-refractivity contribution < 1.29 is 4.79 Å². The molecule has 0 unspecified atom stereocenters. The third-order valence-electron chi connectivity index (χ3n) is 3.33. The molecule has 2 aromatic rings.